The van der Waals surface area contributed by atoms with Crippen molar-refractivity contribution in [3.63, 3.8) is 0 Å². The van der Waals surface area contributed by atoms with Gasteiger partial charge >= 0.3 is 12.0 Å². The van der Waals surface area contributed by atoms with E-state index in [0.29, 0.717) is 23.5 Å². The van der Waals surface area contributed by atoms with Gasteiger partial charge in [-0.15, -0.1) is 0 Å². The molecule has 4 rings (SSSR count). The fourth-order valence-corrected chi connectivity index (χ4v) is 3.99. The molecule has 0 unspecified atom stereocenters. The highest BCUT2D eigenvalue weighted by atomic mass is 16.5. The van der Waals surface area contributed by atoms with Crippen LogP contribution in [0.4, 0.5) is 34.0 Å². The third-order valence-electron chi connectivity index (χ3n) is 5.78. The second-order valence-corrected chi connectivity index (χ2v) is 9.29. The zero-order valence-corrected chi connectivity index (χ0v) is 22.4. The van der Waals surface area contributed by atoms with Gasteiger partial charge in [-0.1, -0.05) is 74.5 Å². The molecule has 1 aromatic heterocycles. The first kappa shape index (κ1) is 27.8. The summed E-state index contributed by atoms with van der Waals surface area (Å²) in [6.45, 7) is 3.85. The number of hydrogen-bond donors (Lipinski definition) is 5. The highest BCUT2D eigenvalue weighted by molar-refractivity contribution is 5.99. The van der Waals surface area contributed by atoms with E-state index >= 15 is 0 Å². The summed E-state index contributed by atoms with van der Waals surface area (Å²) in [6, 6.07) is 22.8. The molecule has 0 saturated heterocycles. The Bertz CT molecular complexity index is 1460. The molecular formula is C29H31N7O4. The summed E-state index contributed by atoms with van der Waals surface area (Å²) in [6.07, 6.45) is 0.345. The third-order valence-corrected chi connectivity index (χ3v) is 5.78. The van der Waals surface area contributed by atoms with Crippen molar-refractivity contribution in [3.8, 4) is 16.9 Å². The molecule has 40 heavy (non-hydrogen) atoms. The summed E-state index contributed by atoms with van der Waals surface area (Å²) in [5.41, 5.74) is 3.06. The average Bonchev–Trinajstić information content (AvgIpc) is 2.93. The van der Waals surface area contributed by atoms with E-state index in [-0.39, 0.29) is 23.8 Å². The molecule has 1 atom stereocenters. The smallest absolute Gasteiger partial charge is 0.326 e. The fraction of sp³-hybridized carbons (Fsp3) is 0.207. The minimum absolute atomic E-state index is 0.00432. The lowest BCUT2D eigenvalue weighted by atomic mass is 10.0. The van der Waals surface area contributed by atoms with Gasteiger partial charge < -0.3 is 25.8 Å². The number of urea groups is 1. The maximum atomic E-state index is 12.8. The van der Waals surface area contributed by atoms with Crippen molar-refractivity contribution in [1.82, 2.24) is 15.0 Å². The Balaban J connectivity index is 1.65. The van der Waals surface area contributed by atoms with Gasteiger partial charge in [0.1, 0.15) is 11.8 Å². The van der Waals surface area contributed by atoms with Crippen molar-refractivity contribution in [1.29, 1.82) is 0 Å². The van der Waals surface area contributed by atoms with Crippen LogP contribution in [-0.4, -0.2) is 45.2 Å². The lowest BCUT2D eigenvalue weighted by molar-refractivity contribution is -0.138. The standard InChI is InChI=1S/C29H31N7O4/c1-18(2)17-23(25(37)38)31-27-33-26(30-21-14-8-7-13-20(21)19-11-5-4-6-12-19)34-28(35-27)36-29(39)32-22-15-9-10-16-24(22)40-3/h4-16,18,23H,17H2,1-3H3,(H,37,38)(H4,30,31,32,33,34,35,36,39)/t23-/m0/s1. The van der Waals surface area contributed by atoms with E-state index in [0.717, 1.165) is 11.1 Å². The zero-order chi connectivity index (χ0) is 28.5. The normalized spacial score (nSPS) is 11.4. The zero-order valence-electron chi connectivity index (χ0n) is 22.4. The molecule has 2 amide bonds. The van der Waals surface area contributed by atoms with E-state index in [4.69, 9.17) is 4.74 Å². The van der Waals surface area contributed by atoms with Crippen LogP contribution in [-0.2, 0) is 4.79 Å². The van der Waals surface area contributed by atoms with Gasteiger partial charge in [-0.2, -0.15) is 15.0 Å². The molecule has 11 heteroatoms. The molecular weight excluding hydrogens is 510 g/mol. The molecule has 0 spiro atoms. The van der Waals surface area contributed by atoms with Crippen molar-refractivity contribution in [3.05, 3.63) is 78.9 Å². The molecule has 206 valence electrons. The number of aromatic nitrogens is 3. The molecule has 0 aliphatic heterocycles. The van der Waals surface area contributed by atoms with Crippen molar-refractivity contribution in [2.45, 2.75) is 26.3 Å². The Morgan fingerprint density at radius 2 is 1.43 bits per heavy atom. The number of carboxylic acid groups (broad SMARTS) is 1. The fourth-order valence-electron chi connectivity index (χ4n) is 3.99. The first-order valence-electron chi connectivity index (χ1n) is 12.7. The van der Waals surface area contributed by atoms with Crippen molar-refractivity contribution < 1.29 is 19.4 Å². The molecule has 0 aliphatic rings. The number of ether oxygens (including phenoxy) is 1. The van der Waals surface area contributed by atoms with Crippen molar-refractivity contribution in [2.75, 3.05) is 28.4 Å². The van der Waals surface area contributed by atoms with Crippen LogP contribution in [0.2, 0.25) is 0 Å². The first-order valence-corrected chi connectivity index (χ1v) is 12.7. The second-order valence-electron chi connectivity index (χ2n) is 9.29. The molecule has 0 saturated carbocycles. The van der Waals surface area contributed by atoms with Gasteiger partial charge in [0.25, 0.3) is 0 Å². The molecule has 11 nitrogen and oxygen atoms in total. The highest BCUT2D eigenvalue weighted by Gasteiger charge is 2.21. The van der Waals surface area contributed by atoms with E-state index in [1.54, 1.807) is 24.3 Å². The number of hydrogen-bond acceptors (Lipinski definition) is 8. The molecule has 1 heterocycles. The quantitative estimate of drug-likeness (QED) is 0.158. The Labute approximate surface area is 232 Å². The number of methoxy groups -OCH3 is 1. The Kier molecular flexibility index (Phi) is 9.08. The monoisotopic (exact) mass is 541 g/mol. The first-order chi connectivity index (χ1) is 19.3. The van der Waals surface area contributed by atoms with Crippen LogP contribution in [0.15, 0.2) is 78.9 Å². The highest BCUT2D eigenvalue weighted by Crippen LogP contribution is 2.30. The average molecular weight is 542 g/mol. The maximum Gasteiger partial charge on any atom is 0.326 e. The lowest BCUT2D eigenvalue weighted by Crippen LogP contribution is -2.32. The van der Waals surface area contributed by atoms with Crippen LogP contribution in [0.25, 0.3) is 11.1 Å². The number of nitrogens with one attached hydrogen (secondary N) is 4. The number of carboxylic acids is 1. The molecule has 5 N–H and O–H groups in total. The van der Waals surface area contributed by atoms with Crippen LogP contribution in [0.1, 0.15) is 20.3 Å². The molecule has 0 fully saturated rings. The number of anilines is 5. The minimum Gasteiger partial charge on any atom is -0.495 e. The van der Waals surface area contributed by atoms with Crippen LogP contribution < -0.4 is 26.0 Å². The summed E-state index contributed by atoms with van der Waals surface area (Å²) in [7, 11) is 1.50. The van der Waals surface area contributed by atoms with Gasteiger partial charge in [0.2, 0.25) is 17.8 Å². The summed E-state index contributed by atoms with van der Waals surface area (Å²) >= 11 is 0. The minimum atomic E-state index is -1.04. The van der Waals surface area contributed by atoms with Gasteiger partial charge in [-0.05, 0) is 36.1 Å². The largest absolute Gasteiger partial charge is 0.495 e. The van der Waals surface area contributed by atoms with E-state index in [1.807, 2.05) is 68.4 Å². The van der Waals surface area contributed by atoms with Gasteiger partial charge in [0, 0.05) is 11.3 Å². The van der Waals surface area contributed by atoms with E-state index in [2.05, 4.69) is 36.2 Å². The molecule has 3 aromatic carbocycles. The van der Waals surface area contributed by atoms with Gasteiger partial charge in [0.15, 0.2) is 0 Å². The second kappa shape index (κ2) is 13.1. The number of benzene rings is 3. The van der Waals surface area contributed by atoms with E-state index < -0.39 is 18.0 Å². The number of para-hydroxylation sites is 3. The Morgan fingerprint density at radius 1 is 0.800 bits per heavy atom. The number of amides is 2. The predicted octanol–water partition coefficient (Wildman–Crippen LogP) is 5.85. The SMILES string of the molecule is COc1ccccc1NC(=O)Nc1nc(Nc2ccccc2-c2ccccc2)nc(N[C@@H](CC(C)C)C(=O)O)n1. The molecule has 0 bridgehead atoms. The number of rotatable bonds is 11. The van der Waals surface area contributed by atoms with Crippen LogP contribution in [0.5, 0.6) is 5.75 Å². The topological polar surface area (TPSA) is 150 Å². The number of nitrogens with zero attached hydrogens (tertiary/aromatic N) is 3. The van der Waals surface area contributed by atoms with Gasteiger partial charge in [-0.3, -0.25) is 5.32 Å². The van der Waals surface area contributed by atoms with E-state index in [9.17, 15) is 14.7 Å². The van der Waals surface area contributed by atoms with Gasteiger partial charge in [0.05, 0.1) is 12.8 Å². The lowest BCUT2D eigenvalue weighted by Gasteiger charge is -2.18. The summed E-state index contributed by atoms with van der Waals surface area (Å²) < 4.78 is 5.29. The van der Waals surface area contributed by atoms with E-state index in [1.165, 1.54) is 7.11 Å². The predicted molar refractivity (Wildman–Crippen MR) is 155 cm³/mol. The Morgan fingerprint density at radius 3 is 2.12 bits per heavy atom. The van der Waals surface area contributed by atoms with Crippen molar-refractivity contribution in [2.24, 2.45) is 5.92 Å². The Hall–Kier alpha value is -5.19. The third kappa shape index (κ3) is 7.44. The van der Waals surface area contributed by atoms with Crippen LogP contribution >= 0.6 is 0 Å². The molecule has 0 radical (unpaired) electrons. The van der Waals surface area contributed by atoms with Crippen LogP contribution in [0, 0.1) is 5.92 Å². The summed E-state index contributed by atoms with van der Waals surface area (Å²) in [5.74, 6) is -0.430. The maximum absolute atomic E-state index is 12.8. The van der Waals surface area contributed by atoms with Crippen molar-refractivity contribution >= 4 is 41.2 Å². The van der Waals surface area contributed by atoms with Gasteiger partial charge in [-0.25, -0.2) is 9.59 Å². The van der Waals surface area contributed by atoms with Crippen LogP contribution in [0.3, 0.4) is 0 Å². The molecule has 4 aromatic rings. The number of carbonyl (C=O) groups is 2. The number of aliphatic carboxylic acids is 1. The summed E-state index contributed by atoms with van der Waals surface area (Å²) in [4.78, 5) is 37.8. The molecule has 0 aliphatic carbocycles. The number of carbonyl (C=O) groups excluding carboxylic acids is 1. The summed E-state index contributed by atoms with van der Waals surface area (Å²) in [5, 5.41) is 21.1.